The molecular weight excluding hydrogens is 382 g/mol. The molecule has 1 aromatic heterocycles. The number of nitro benzene ring substituents is 1. The highest BCUT2D eigenvalue weighted by atomic mass is 16.6. The summed E-state index contributed by atoms with van der Waals surface area (Å²) in [5.41, 5.74) is 3.73. The van der Waals surface area contributed by atoms with E-state index in [-0.39, 0.29) is 18.0 Å². The average Bonchev–Trinajstić information content (AvgIpc) is 3.23. The van der Waals surface area contributed by atoms with Crippen LogP contribution in [0.3, 0.4) is 0 Å². The largest absolute Gasteiger partial charge is 0.455 e. The minimum Gasteiger partial charge on any atom is -0.455 e. The normalized spacial score (nSPS) is 11.1. The van der Waals surface area contributed by atoms with Gasteiger partial charge in [-0.2, -0.15) is 5.10 Å². The number of nitrogens with zero attached hydrogens (tertiary/aromatic N) is 2. The average molecular weight is 399 g/mol. The molecule has 7 heteroatoms. The van der Waals surface area contributed by atoms with Crippen LogP contribution in [0.1, 0.15) is 11.3 Å². The van der Waals surface area contributed by atoms with Crippen molar-refractivity contribution in [1.82, 2.24) is 5.43 Å². The van der Waals surface area contributed by atoms with Gasteiger partial charge in [-0.15, -0.1) is 0 Å². The Morgan fingerprint density at radius 3 is 2.63 bits per heavy atom. The van der Waals surface area contributed by atoms with Crippen LogP contribution >= 0.6 is 0 Å². The number of hydrogen-bond acceptors (Lipinski definition) is 5. The topological polar surface area (TPSA) is 97.7 Å². The van der Waals surface area contributed by atoms with Gasteiger partial charge in [0.1, 0.15) is 11.5 Å². The number of hydrogen-bond donors (Lipinski definition) is 1. The highest BCUT2D eigenvalue weighted by Gasteiger charge is 2.16. The van der Waals surface area contributed by atoms with Gasteiger partial charge in [-0.25, -0.2) is 5.43 Å². The monoisotopic (exact) mass is 399 g/mol. The second kappa shape index (κ2) is 8.40. The summed E-state index contributed by atoms with van der Waals surface area (Å²) in [5.74, 6) is 0.465. The van der Waals surface area contributed by atoms with Gasteiger partial charge < -0.3 is 4.42 Å². The predicted octanol–water partition coefficient (Wildman–Crippen LogP) is 4.70. The number of nitrogens with one attached hydrogen (secondary N) is 1. The summed E-state index contributed by atoms with van der Waals surface area (Å²) in [6, 6.07) is 23.3. The van der Waals surface area contributed by atoms with Crippen molar-refractivity contribution < 1.29 is 14.1 Å². The molecule has 0 saturated heterocycles. The van der Waals surface area contributed by atoms with Crippen molar-refractivity contribution in [1.29, 1.82) is 0 Å². The summed E-state index contributed by atoms with van der Waals surface area (Å²) in [6.45, 7) is 0. The first-order valence-electron chi connectivity index (χ1n) is 9.24. The Labute approximate surface area is 171 Å². The number of carbonyl (C=O) groups is 1. The Bertz CT molecular complexity index is 1250. The lowest BCUT2D eigenvalue weighted by Gasteiger charge is -2.05. The van der Waals surface area contributed by atoms with Crippen molar-refractivity contribution in [3.05, 3.63) is 100 Å². The van der Waals surface area contributed by atoms with Crippen LogP contribution < -0.4 is 5.43 Å². The van der Waals surface area contributed by atoms with E-state index in [0.29, 0.717) is 17.1 Å². The number of benzene rings is 3. The van der Waals surface area contributed by atoms with Crippen molar-refractivity contribution >= 4 is 28.6 Å². The molecule has 0 aliphatic heterocycles. The van der Waals surface area contributed by atoms with Gasteiger partial charge in [0.2, 0.25) is 5.91 Å². The van der Waals surface area contributed by atoms with Crippen molar-refractivity contribution in [3.8, 4) is 11.3 Å². The summed E-state index contributed by atoms with van der Waals surface area (Å²) in [5, 5.41) is 17.2. The molecule has 0 unspecified atom stereocenters. The first-order chi connectivity index (χ1) is 14.6. The van der Waals surface area contributed by atoms with Crippen molar-refractivity contribution in [3.63, 3.8) is 0 Å². The quantitative estimate of drug-likeness (QED) is 0.289. The molecule has 0 spiro atoms. The molecule has 148 valence electrons. The maximum Gasteiger partial charge on any atom is 0.280 e. The van der Waals surface area contributed by atoms with Gasteiger partial charge in [-0.05, 0) is 34.5 Å². The van der Waals surface area contributed by atoms with Crippen LogP contribution in [0.2, 0.25) is 0 Å². The van der Waals surface area contributed by atoms with Gasteiger partial charge >= 0.3 is 0 Å². The minimum atomic E-state index is -0.459. The molecule has 0 radical (unpaired) electrons. The Balaban J connectivity index is 1.43. The number of amides is 1. The van der Waals surface area contributed by atoms with Gasteiger partial charge in [0.25, 0.3) is 5.69 Å². The number of nitro groups is 1. The summed E-state index contributed by atoms with van der Waals surface area (Å²) < 4.78 is 5.61. The molecule has 0 bridgehead atoms. The molecule has 1 N–H and O–H groups in total. The predicted molar refractivity (Wildman–Crippen MR) is 114 cm³/mol. The maximum absolute atomic E-state index is 12.3. The first-order valence-corrected chi connectivity index (χ1v) is 9.24. The second-order valence-corrected chi connectivity index (χ2v) is 6.58. The number of rotatable bonds is 6. The number of hydrazone groups is 1. The van der Waals surface area contributed by atoms with E-state index < -0.39 is 4.92 Å². The summed E-state index contributed by atoms with van der Waals surface area (Å²) in [7, 11) is 0. The summed E-state index contributed by atoms with van der Waals surface area (Å²) in [4.78, 5) is 23.0. The lowest BCUT2D eigenvalue weighted by atomic mass is 10.0. The first kappa shape index (κ1) is 19.1. The lowest BCUT2D eigenvalue weighted by molar-refractivity contribution is -0.384. The van der Waals surface area contributed by atoms with Crippen molar-refractivity contribution in [2.75, 3.05) is 0 Å². The van der Waals surface area contributed by atoms with E-state index in [1.165, 1.54) is 12.3 Å². The molecule has 7 nitrogen and oxygen atoms in total. The van der Waals surface area contributed by atoms with Gasteiger partial charge in [-0.3, -0.25) is 14.9 Å². The minimum absolute atomic E-state index is 0.0428. The van der Waals surface area contributed by atoms with E-state index in [2.05, 4.69) is 10.5 Å². The molecule has 1 amide bonds. The summed E-state index contributed by atoms with van der Waals surface area (Å²) >= 11 is 0. The number of para-hydroxylation sites is 1. The van der Waals surface area contributed by atoms with E-state index in [4.69, 9.17) is 4.42 Å². The van der Waals surface area contributed by atoms with Crippen LogP contribution in [0, 0.1) is 10.1 Å². The Hall–Kier alpha value is -4.26. The van der Waals surface area contributed by atoms with Crippen LogP contribution in [0.25, 0.3) is 22.1 Å². The molecule has 3 aromatic carbocycles. The number of carbonyl (C=O) groups excluding carboxylic acids is 1. The van der Waals surface area contributed by atoms with Gasteiger partial charge in [0.15, 0.2) is 0 Å². The van der Waals surface area contributed by atoms with Gasteiger partial charge in [0.05, 0.1) is 23.1 Å². The molecule has 0 aliphatic carbocycles. The SMILES string of the molecule is O=C(Cc1cccc2ccccc12)NN=Cc1ccc(-c2ccccc2[N+](=O)[O-])o1. The standard InChI is InChI=1S/C23H17N3O4/c27-23(14-17-8-5-7-16-6-1-2-9-19(16)17)25-24-15-18-12-13-22(30-18)20-10-3-4-11-21(20)26(28)29/h1-13,15H,14H2,(H,25,27). The number of fused-ring (bicyclic) bond motifs is 1. The lowest BCUT2D eigenvalue weighted by Crippen LogP contribution is -2.19. The maximum atomic E-state index is 12.3. The highest BCUT2D eigenvalue weighted by Crippen LogP contribution is 2.30. The fraction of sp³-hybridized carbons (Fsp3) is 0.0435. The Morgan fingerprint density at radius 1 is 1.00 bits per heavy atom. The zero-order valence-corrected chi connectivity index (χ0v) is 15.8. The molecule has 30 heavy (non-hydrogen) atoms. The van der Waals surface area contributed by atoms with Gasteiger partial charge in [-0.1, -0.05) is 54.6 Å². The zero-order chi connectivity index (χ0) is 20.9. The molecular formula is C23H17N3O4. The molecule has 4 aromatic rings. The van der Waals surface area contributed by atoms with E-state index >= 15 is 0 Å². The Morgan fingerprint density at radius 2 is 1.77 bits per heavy atom. The molecule has 1 heterocycles. The Kier molecular flexibility index (Phi) is 5.34. The third-order valence-electron chi connectivity index (χ3n) is 4.60. The van der Waals surface area contributed by atoms with Gasteiger partial charge in [0, 0.05) is 6.07 Å². The van der Waals surface area contributed by atoms with Crippen LogP contribution in [0.15, 0.2) is 88.4 Å². The summed E-state index contributed by atoms with van der Waals surface area (Å²) in [6.07, 6.45) is 1.55. The second-order valence-electron chi connectivity index (χ2n) is 6.58. The molecule has 4 rings (SSSR count). The molecule has 0 saturated carbocycles. The highest BCUT2D eigenvalue weighted by molar-refractivity contribution is 5.90. The van der Waals surface area contributed by atoms with Crippen molar-refractivity contribution in [2.24, 2.45) is 5.10 Å². The third-order valence-corrected chi connectivity index (χ3v) is 4.60. The van der Waals surface area contributed by atoms with Crippen LogP contribution in [0.4, 0.5) is 5.69 Å². The molecule has 0 aliphatic rings. The van der Waals surface area contributed by atoms with E-state index in [9.17, 15) is 14.9 Å². The fourth-order valence-corrected chi connectivity index (χ4v) is 3.24. The van der Waals surface area contributed by atoms with Crippen molar-refractivity contribution in [2.45, 2.75) is 6.42 Å². The van der Waals surface area contributed by atoms with Crippen LogP contribution in [0.5, 0.6) is 0 Å². The van der Waals surface area contributed by atoms with E-state index in [1.807, 2.05) is 42.5 Å². The third kappa shape index (κ3) is 4.10. The van der Waals surface area contributed by atoms with E-state index in [1.54, 1.807) is 30.3 Å². The van der Waals surface area contributed by atoms with E-state index in [0.717, 1.165) is 16.3 Å². The van der Waals surface area contributed by atoms with Crippen LogP contribution in [-0.2, 0) is 11.2 Å². The smallest absolute Gasteiger partial charge is 0.280 e. The fourth-order valence-electron chi connectivity index (χ4n) is 3.24. The van der Waals surface area contributed by atoms with Crippen LogP contribution in [-0.4, -0.2) is 17.0 Å². The molecule has 0 atom stereocenters. The zero-order valence-electron chi connectivity index (χ0n) is 15.8. The molecule has 0 fully saturated rings. The number of furan rings is 1.